The third-order valence-electron chi connectivity index (χ3n) is 4.76. The SMILES string of the molecule is CNC(CCN1CCN(C)C(C)(C)C1)c1ccccc1Cl. The smallest absolute Gasteiger partial charge is 0.0453 e. The zero-order chi connectivity index (χ0) is 15.5. The van der Waals surface area contributed by atoms with E-state index in [1.165, 1.54) is 5.56 Å². The van der Waals surface area contributed by atoms with Gasteiger partial charge in [-0.05, 0) is 46.0 Å². The molecule has 1 aliphatic rings. The van der Waals surface area contributed by atoms with Gasteiger partial charge < -0.3 is 10.2 Å². The van der Waals surface area contributed by atoms with Gasteiger partial charge in [0.2, 0.25) is 0 Å². The summed E-state index contributed by atoms with van der Waals surface area (Å²) >= 11 is 6.32. The van der Waals surface area contributed by atoms with Crippen molar-refractivity contribution in [2.45, 2.75) is 31.8 Å². The van der Waals surface area contributed by atoms with E-state index in [-0.39, 0.29) is 5.54 Å². The van der Waals surface area contributed by atoms with Crippen LogP contribution >= 0.6 is 11.6 Å². The van der Waals surface area contributed by atoms with E-state index in [9.17, 15) is 0 Å². The lowest BCUT2D eigenvalue weighted by atomic mass is 9.98. The molecule has 2 rings (SSSR count). The van der Waals surface area contributed by atoms with Crippen molar-refractivity contribution >= 4 is 11.6 Å². The molecule has 0 aliphatic carbocycles. The maximum absolute atomic E-state index is 6.32. The van der Waals surface area contributed by atoms with Gasteiger partial charge in [0, 0.05) is 42.8 Å². The Balaban J connectivity index is 1.94. The number of hydrogen-bond acceptors (Lipinski definition) is 3. The number of rotatable bonds is 5. The monoisotopic (exact) mass is 309 g/mol. The van der Waals surface area contributed by atoms with Crippen LogP contribution in [-0.4, -0.2) is 55.6 Å². The lowest BCUT2D eigenvalue weighted by Crippen LogP contribution is -2.57. The zero-order valence-corrected chi connectivity index (χ0v) is 14.5. The molecule has 0 spiro atoms. The number of halogens is 1. The van der Waals surface area contributed by atoms with Gasteiger partial charge in [-0.3, -0.25) is 4.90 Å². The molecule has 1 fully saturated rings. The van der Waals surface area contributed by atoms with Crippen molar-refractivity contribution < 1.29 is 0 Å². The molecule has 1 N–H and O–H groups in total. The van der Waals surface area contributed by atoms with Crippen LogP contribution in [0.2, 0.25) is 5.02 Å². The Morgan fingerprint density at radius 1 is 1.29 bits per heavy atom. The minimum Gasteiger partial charge on any atom is -0.313 e. The van der Waals surface area contributed by atoms with Crippen LogP contribution in [0.3, 0.4) is 0 Å². The number of likely N-dealkylation sites (N-methyl/N-ethyl adjacent to an activating group) is 1. The second-order valence-corrected chi connectivity index (χ2v) is 7.07. The van der Waals surface area contributed by atoms with Crippen molar-refractivity contribution in [2.75, 3.05) is 40.3 Å². The van der Waals surface area contributed by atoms with E-state index >= 15 is 0 Å². The van der Waals surface area contributed by atoms with Gasteiger partial charge in [0.25, 0.3) is 0 Å². The van der Waals surface area contributed by atoms with Crippen LogP contribution < -0.4 is 5.32 Å². The van der Waals surface area contributed by atoms with Gasteiger partial charge in [0.15, 0.2) is 0 Å². The van der Waals surface area contributed by atoms with Gasteiger partial charge in [0.1, 0.15) is 0 Å². The lowest BCUT2D eigenvalue weighted by molar-refractivity contribution is 0.0383. The minimum atomic E-state index is 0.262. The molecule has 118 valence electrons. The average Bonchev–Trinajstić information content (AvgIpc) is 2.45. The molecule has 0 aromatic heterocycles. The molecule has 1 atom stereocenters. The highest BCUT2D eigenvalue weighted by Crippen LogP contribution is 2.26. The fourth-order valence-electron chi connectivity index (χ4n) is 3.06. The first-order valence-corrected chi connectivity index (χ1v) is 8.17. The van der Waals surface area contributed by atoms with Crippen molar-refractivity contribution in [2.24, 2.45) is 0 Å². The summed E-state index contributed by atoms with van der Waals surface area (Å²) in [5.74, 6) is 0. The van der Waals surface area contributed by atoms with Gasteiger partial charge in [-0.2, -0.15) is 0 Å². The van der Waals surface area contributed by atoms with Crippen molar-refractivity contribution in [3.8, 4) is 0 Å². The molecule has 3 nitrogen and oxygen atoms in total. The van der Waals surface area contributed by atoms with Crippen LogP contribution in [0.4, 0.5) is 0 Å². The van der Waals surface area contributed by atoms with Gasteiger partial charge in [0.05, 0.1) is 0 Å². The second-order valence-electron chi connectivity index (χ2n) is 6.66. The molecule has 0 bridgehead atoms. The second kappa shape index (κ2) is 7.10. The summed E-state index contributed by atoms with van der Waals surface area (Å²) in [5.41, 5.74) is 1.47. The Bertz CT molecular complexity index is 461. The zero-order valence-electron chi connectivity index (χ0n) is 13.7. The summed E-state index contributed by atoms with van der Waals surface area (Å²) in [6.07, 6.45) is 1.08. The Hall–Kier alpha value is -0.610. The summed E-state index contributed by atoms with van der Waals surface area (Å²) in [5, 5.41) is 4.26. The molecule has 1 aromatic rings. The molecule has 1 saturated heterocycles. The number of nitrogens with zero attached hydrogens (tertiary/aromatic N) is 2. The van der Waals surface area contributed by atoms with Crippen LogP contribution in [0.25, 0.3) is 0 Å². The molecule has 0 amide bonds. The fourth-order valence-corrected chi connectivity index (χ4v) is 3.32. The quantitative estimate of drug-likeness (QED) is 0.902. The predicted octanol–water partition coefficient (Wildman–Crippen LogP) is 3.02. The predicted molar refractivity (Wildman–Crippen MR) is 91.0 cm³/mol. The van der Waals surface area contributed by atoms with E-state index < -0.39 is 0 Å². The minimum absolute atomic E-state index is 0.262. The van der Waals surface area contributed by atoms with E-state index in [0.717, 1.165) is 37.6 Å². The van der Waals surface area contributed by atoms with E-state index in [0.29, 0.717) is 6.04 Å². The Kier molecular flexibility index (Phi) is 5.67. The van der Waals surface area contributed by atoms with Crippen LogP contribution in [0.1, 0.15) is 31.9 Å². The highest BCUT2D eigenvalue weighted by molar-refractivity contribution is 6.31. The summed E-state index contributed by atoms with van der Waals surface area (Å²) in [4.78, 5) is 5.02. The number of benzene rings is 1. The summed E-state index contributed by atoms with van der Waals surface area (Å²) in [6, 6.07) is 8.46. The summed E-state index contributed by atoms with van der Waals surface area (Å²) in [7, 11) is 4.24. The molecular weight excluding hydrogens is 282 g/mol. The van der Waals surface area contributed by atoms with Crippen molar-refractivity contribution in [3.63, 3.8) is 0 Å². The molecule has 1 aliphatic heterocycles. The Labute approximate surface area is 134 Å². The highest BCUT2D eigenvalue weighted by atomic mass is 35.5. The van der Waals surface area contributed by atoms with Crippen LogP contribution in [-0.2, 0) is 0 Å². The number of hydrogen-bond donors (Lipinski definition) is 1. The normalized spacial score (nSPS) is 21.4. The molecule has 1 heterocycles. The Morgan fingerprint density at radius 3 is 2.62 bits per heavy atom. The van der Waals surface area contributed by atoms with Crippen molar-refractivity contribution in [3.05, 3.63) is 34.9 Å². The summed E-state index contributed by atoms with van der Waals surface area (Å²) in [6.45, 7) is 9.17. The topological polar surface area (TPSA) is 18.5 Å². The van der Waals surface area contributed by atoms with E-state index in [1.54, 1.807) is 0 Å². The van der Waals surface area contributed by atoms with E-state index in [2.05, 4.69) is 48.1 Å². The third kappa shape index (κ3) is 4.19. The molecule has 0 radical (unpaired) electrons. The third-order valence-corrected chi connectivity index (χ3v) is 5.10. The van der Waals surface area contributed by atoms with Crippen molar-refractivity contribution in [1.29, 1.82) is 0 Å². The average molecular weight is 310 g/mol. The van der Waals surface area contributed by atoms with Gasteiger partial charge >= 0.3 is 0 Å². The number of nitrogens with one attached hydrogen (secondary N) is 1. The summed E-state index contributed by atoms with van der Waals surface area (Å²) < 4.78 is 0. The van der Waals surface area contributed by atoms with E-state index in [1.807, 2.05) is 19.2 Å². The first-order valence-electron chi connectivity index (χ1n) is 7.79. The van der Waals surface area contributed by atoms with Crippen molar-refractivity contribution in [1.82, 2.24) is 15.1 Å². The van der Waals surface area contributed by atoms with E-state index in [4.69, 9.17) is 11.6 Å². The van der Waals surface area contributed by atoms with Crippen LogP contribution in [0.15, 0.2) is 24.3 Å². The maximum Gasteiger partial charge on any atom is 0.0453 e. The maximum atomic E-state index is 6.32. The fraction of sp³-hybridized carbons (Fsp3) is 0.647. The number of piperazine rings is 1. The molecule has 0 saturated carbocycles. The molecule has 1 unspecified atom stereocenters. The largest absolute Gasteiger partial charge is 0.313 e. The molecular formula is C17H28ClN3. The van der Waals surface area contributed by atoms with Gasteiger partial charge in [-0.15, -0.1) is 0 Å². The van der Waals surface area contributed by atoms with Gasteiger partial charge in [-0.1, -0.05) is 29.8 Å². The molecule has 4 heteroatoms. The van der Waals surface area contributed by atoms with Crippen LogP contribution in [0.5, 0.6) is 0 Å². The van der Waals surface area contributed by atoms with Gasteiger partial charge in [-0.25, -0.2) is 0 Å². The molecule has 21 heavy (non-hydrogen) atoms. The Morgan fingerprint density at radius 2 is 2.00 bits per heavy atom. The highest BCUT2D eigenvalue weighted by Gasteiger charge is 2.30. The standard InChI is InChI=1S/C17H28ClN3/c1-17(2)13-21(12-11-20(17)4)10-9-16(19-3)14-7-5-6-8-15(14)18/h5-8,16,19H,9-13H2,1-4H3. The first kappa shape index (κ1) is 16.8. The van der Waals surface area contributed by atoms with Crippen LogP contribution in [0, 0.1) is 0 Å². The first-order chi connectivity index (χ1) is 9.94. The molecule has 1 aromatic carbocycles. The lowest BCUT2D eigenvalue weighted by Gasteiger charge is -2.45.